The van der Waals surface area contributed by atoms with E-state index >= 15 is 0 Å². The van der Waals surface area contributed by atoms with E-state index in [0.29, 0.717) is 5.41 Å². The number of aromatic nitrogens is 1. The Labute approximate surface area is 86.3 Å². The van der Waals surface area contributed by atoms with E-state index in [4.69, 9.17) is 5.26 Å². The van der Waals surface area contributed by atoms with Gasteiger partial charge in [0.2, 0.25) is 0 Å². The Morgan fingerprint density at radius 2 is 2.31 bits per heavy atom. The maximum absolute atomic E-state index is 8.89. The molecule has 2 heterocycles. The Balaban J connectivity index is 2.54. The van der Waals surface area contributed by atoms with Crippen LogP contribution in [-0.2, 0) is 13.0 Å². The van der Waals surface area contributed by atoms with Gasteiger partial charge in [0.05, 0.1) is 0 Å². The molecule has 2 rings (SSSR count). The standard InChI is InChI=1S/C10H11BrN2/c1-10(2)4-9-8(11)3-7(5-12)13(9)6-10/h3H,4,6H2,1-2H3. The molecule has 0 bridgehead atoms. The molecule has 3 heteroatoms. The summed E-state index contributed by atoms with van der Waals surface area (Å²) in [5.74, 6) is 0. The third-order valence-corrected chi connectivity index (χ3v) is 3.19. The van der Waals surface area contributed by atoms with Crippen molar-refractivity contribution in [2.24, 2.45) is 5.41 Å². The Morgan fingerprint density at radius 1 is 1.62 bits per heavy atom. The van der Waals surface area contributed by atoms with Gasteiger partial charge in [0.1, 0.15) is 11.8 Å². The second-order valence-electron chi connectivity index (χ2n) is 4.36. The van der Waals surface area contributed by atoms with Crippen LogP contribution in [0.25, 0.3) is 0 Å². The first-order valence-electron chi connectivity index (χ1n) is 4.31. The minimum Gasteiger partial charge on any atom is -0.335 e. The molecule has 1 aromatic heterocycles. The van der Waals surface area contributed by atoms with Crippen LogP contribution in [0, 0.1) is 16.7 Å². The summed E-state index contributed by atoms with van der Waals surface area (Å²) in [7, 11) is 0. The first-order chi connectivity index (χ1) is 6.03. The number of nitrogens with zero attached hydrogens (tertiary/aromatic N) is 2. The van der Waals surface area contributed by atoms with Crippen LogP contribution in [0.5, 0.6) is 0 Å². The van der Waals surface area contributed by atoms with Gasteiger partial charge in [-0.25, -0.2) is 0 Å². The van der Waals surface area contributed by atoms with E-state index in [0.717, 1.165) is 23.1 Å². The highest BCUT2D eigenvalue weighted by molar-refractivity contribution is 9.10. The predicted octanol–water partition coefficient (Wildman–Crippen LogP) is 2.70. The van der Waals surface area contributed by atoms with E-state index in [9.17, 15) is 0 Å². The topological polar surface area (TPSA) is 28.7 Å². The van der Waals surface area contributed by atoms with Gasteiger partial charge >= 0.3 is 0 Å². The van der Waals surface area contributed by atoms with Gasteiger partial charge in [-0.05, 0) is 33.8 Å². The minimum atomic E-state index is 0.296. The van der Waals surface area contributed by atoms with Crippen LogP contribution in [0.3, 0.4) is 0 Å². The molecule has 0 aliphatic carbocycles. The second-order valence-corrected chi connectivity index (χ2v) is 5.22. The Bertz CT molecular complexity index is 396. The van der Waals surface area contributed by atoms with Gasteiger partial charge in [0.25, 0.3) is 0 Å². The number of hydrogen-bond donors (Lipinski definition) is 0. The van der Waals surface area contributed by atoms with Crippen LogP contribution in [0.15, 0.2) is 10.5 Å². The highest BCUT2D eigenvalue weighted by atomic mass is 79.9. The van der Waals surface area contributed by atoms with Crippen molar-refractivity contribution in [1.29, 1.82) is 5.26 Å². The lowest BCUT2D eigenvalue weighted by atomic mass is 9.91. The quantitative estimate of drug-likeness (QED) is 0.684. The van der Waals surface area contributed by atoms with Crippen molar-refractivity contribution in [2.45, 2.75) is 26.8 Å². The Hall–Kier alpha value is -0.750. The zero-order valence-corrected chi connectivity index (χ0v) is 9.35. The molecule has 13 heavy (non-hydrogen) atoms. The molecule has 1 aromatic rings. The van der Waals surface area contributed by atoms with Crippen LogP contribution in [0.2, 0.25) is 0 Å². The van der Waals surface area contributed by atoms with Crippen molar-refractivity contribution < 1.29 is 0 Å². The highest BCUT2D eigenvalue weighted by Crippen LogP contribution is 2.37. The Kier molecular flexibility index (Phi) is 1.78. The molecule has 0 radical (unpaired) electrons. The Morgan fingerprint density at radius 3 is 2.92 bits per heavy atom. The number of hydrogen-bond acceptors (Lipinski definition) is 1. The van der Waals surface area contributed by atoms with E-state index in [-0.39, 0.29) is 0 Å². The summed E-state index contributed by atoms with van der Waals surface area (Å²) in [6.07, 6.45) is 1.05. The molecule has 0 unspecified atom stereocenters. The van der Waals surface area contributed by atoms with E-state index in [2.05, 4.69) is 40.4 Å². The van der Waals surface area contributed by atoms with Gasteiger partial charge in [0, 0.05) is 16.7 Å². The monoisotopic (exact) mass is 238 g/mol. The zero-order chi connectivity index (χ0) is 9.64. The fourth-order valence-corrected chi connectivity index (χ4v) is 2.52. The van der Waals surface area contributed by atoms with Gasteiger partial charge in [-0.3, -0.25) is 0 Å². The van der Waals surface area contributed by atoms with Gasteiger partial charge in [-0.2, -0.15) is 5.26 Å². The van der Waals surface area contributed by atoms with E-state index in [1.165, 1.54) is 5.69 Å². The van der Waals surface area contributed by atoms with Gasteiger partial charge in [-0.1, -0.05) is 13.8 Å². The second kappa shape index (κ2) is 2.62. The summed E-state index contributed by atoms with van der Waals surface area (Å²) in [4.78, 5) is 0. The highest BCUT2D eigenvalue weighted by Gasteiger charge is 2.31. The van der Waals surface area contributed by atoms with Crippen molar-refractivity contribution in [3.63, 3.8) is 0 Å². The SMILES string of the molecule is CC1(C)Cc2c(Br)cc(C#N)n2C1. The van der Waals surface area contributed by atoms with Crippen molar-refractivity contribution in [1.82, 2.24) is 4.57 Å². The molecule has 0 saturated carbocycles. The van der Waals surface area contributed by atoms with E-state index < -0.39 is 0 Å². The summed E-state index contributed by atoms with van der Waals surface area (Å²) in [6.45, 7) is 5.41. The number of rotatable bonds is 0. The molecule has 0 saturated heterocycles. The summed E-state index contributed by atoms with van der Waals surface area (Å²) >= 11 is 3.49. The van der Waals surface area contributed by atoms with E-state index in [1.807, 2.05) is 6.07 Å². The molecule has 0 fully saturated rings. The number of nitriles is 1. The molecule has 68 valence electrons. The third kappa shape index (κ3) is 1.30. The molecule has 1 aliphatic heterocycles. The normalized spacial score (nSPS) is 18.3. The van der Waals surface area contributed by atoms with Crippen molar-refractivity contribution in [3.8, 4) is 6.07 Å². The lowest BCUT2D eigenvalue weighted by Gasteiger charge is -2.15. The largest absolute Gasteiger partial charge is 0.335 e. The molecule has 0 atom stereocenters. The molecule has 0 aromatic carbocycles. The fraction of sp³-hybridized carbons (Fsp3) is 0.500. The zero-order valence-electron chi connectivity index (χ0n) is 7.76. The molecule has 0 spiro atoms. The van der Waals surface area contributed by atoms with Crippen LogP contribution >= 0.6 is 15.9 Å². The van der Waals surface area contributed by atoms with Crippen molar-refractivity contribution in [3.05, 3.63) is 21.9 Å². The lowest BCUT2D eigenvalue weighted by Crippen LogP contribution is -2.12. The number of halogens is 1. The molecule has 2 nitrogen and oxygen atoms in total. The molecule has 1 aliphatic rings. The third-order valence-electron chi connectivity index (χ3n) is 2.50. The lowest BCUT2D eigenvalue weighted by molar-refractivity contribution is 0.358. The average Bonchev–Trinajstić information content (AvgIpc) is 2.47. The average molecular weight is 239 g/mol. The fourth-order valence-electron chi connectivity index (χ4n) is 1.95. The summed E-state index contributed by atoms with van der Waals surface area (Å²) in [5, 5.41) is 8.89. The molecular formula is C10H11BrN2. The number of fused-ring (bicyclic) bond motifs is 1. The summed E-state index contributed by atoms with van der Waals surface area (Å²) in [6, 6.07) is 4.13. The van der Waals surface area contributed by atoms with Crippen molar-refractivity contribution >= 4 is 15.9 Å². The maximum atomic E-state index is 8.89. The minimum absolute atomic E-state index is 0.296. The van der Waals surface area contributed by atoms with Crippen LogP contribution in [0.4, 0.5) is 0 Å². The van der Waals surface area contributed by atoms with Crippen LogP contribution in [-0.4, -0.2) is 4.57 Å². The van der Waals surface area contributed by atoms with Crippen LogP contribution < -0.4 is 0 Å². The van der Waals surface area contributed by atoms with E-state index in [1.54, 1.807) is 0 Å². The van der Waals surface area contributed by atoms with Gasteiger partial charge in [0.15, 0.2) is 0 Å². The van der Waals surface area contributed by atoms with Gasteiger partial charge < -0.3 is 4.57 Å². The summed E-state index contributed by atoms with van der Waals surface area (Å²) in [5.41, 5.74) is 2.33. The maximum Gasteiger partial charge on any atom is 0.121 e. The van der Waals surface area contributed by atoms with Crippen molar-refractivity contribution in [2.75, 3.05) is 0 Å². The van der Waals surface area contributed by atoms with Gasteiger partial charge in [-0.15, -0.1) is 0 Å². The van der Waals surface area contributed by atoms with Crippen LogP contribution in [0.1, 0.15) is 25.2 Å². The summed E-state index contributed by atoms with van der Waals surface area (Å²) < 4.78 is 3.19. The molecule has 0 amide bonds. The molecule has 0 N–H and O–H groups in total. The smallest absolute Gasteiger partial charge is 0.121 e. The first-order valence-corrected chi connectivity index (χ1v) is 5.11. The first kappa shape index (κ1) is 8.83. The molecular weight excluding hydrogens is 228 g/mol. The predicted molar refractivity (Wildman–Crippen MR) is 54.3 cm³/mol.